The molecule has 5 heteroatoms. The summed E-state index contributed by atoms with van der Waals surface area (Å²) < 4.78 is 11.4. The maximum absolute atomic E-state index is 11.3. The highest BCUT2D eigenvalue weighted by atomic mass is 16.5. The summed E-state index contributed by atoms with van der Waals surface area (Å²) in [6, 6.07) is 6.51. The fourth-order valence-corrected chi connectivity index (χ4v) is 5.00. The molecule has 5 nitrogen and oxygen atoms in total. The highest BCUT2D eigenvalue weighted by Crippen LogP contribution is 2.44. The van der Waals surface area contributed by atoms with Crippen molar-refractivity contribution in [3.8, 4) is 5.75 Å². The number of ether oxygens (including phenoxy) is 2. The van der Waals surface area contributed by atoms with Gasteiger partial charge in [0, 0.05) is 38.6 Å². The van der Waals surface area contributed by atoms with Crippen LogP contribution in [-0.2, 0) is 11.3 Å². The molecule has 1 aromatic rings. The Morgan fingerprint density at radius 3 is 2.74 bits per heavy atom. The fourth-order valence-electron chi connectivity index (χ4n) is 5.00. The van der Waals surface area contributed by atoms with Gasteiger partial charge >= 0.3 is 0 Å². The molecule has 1 saturated carbocycles. The molecule has 2 heterocycles. The summed E-state index contributed by atoms with van der Waals surface area (Å²) in [5, 5.41) is 11.3. The molecule has 27 heavy (non-hydrogen) atoms. The van der Waals surface area contributed by atoms with Crippen molar-refractivity contribution in [2.75, 3.05) is 53.0 Å². The van der Waals surface area contributed by atoms with Crippen molar-refractivity contribution < 1.29 is 14.6 Å². The van der Waals surface area contributed by atoms with Gasteiger partial charge in [-0.05, 0) is 43.1 Å². The van der Waals surface area contributed by atoms with E-state index in [0.29, 0.717) is 6.61 Å². The summed E-state index contributed by atoms with van der Waals surface area (Å²) in [6.45, 7) is 7.19. The number of nitrogens with zero attached hydrogens (tertiary/aromatic N) is 2. The standard InChI is InChI=1S/C22H34N2O3/c1-23-16-18-15-19(27-14-11-24-9-12-26-13-10-24)5-6-20(18)21(17-23)22(25)7-3-2-4-8-22/h5-6,15,21,25H,2-4,7-14,16-17H2,1H3. The summed E-state index contributed by atoms with van der Waals surface area (Å²) in [7, 11) is 2.16. The van der Waals surface area contributed by atoms with Gasteiger partial charge in [0.15, 0.2) is 0 Å². The van der Waals surface area contributed by atoms with Gasteiger partial charge in [0.25, 0.3) is 0 Å². The second kappa shape index (κ2) is 8.48. The number of aliphatic hydroxyl groups is 1. The predicted octanol–water partition coefficient (Wildman–Crippen LogP) is 2.62. The van der Waals surface area contributed by atoms with Gasteiger partial charge in [0.05, 0.1) is 18.8 Å². The highest BCUT2D eigenvalue weighted by Gasteiger charge is 2.41. The number of morpholine rings is 1. The van der Waals surface area contributed by atoms with Crippen molar-refractivity contribution in [1.29, 1.82) is 0 Å². The third-order valence-corrected chi connectivity index (χ3v) is 6.57. The maximum atomic E-state index is 11.3. The number of likely N-dealkylation sites (N-methyl/N-ethyl adjacent to an activating group) is 1. The van der Waals surface area contributed by atoms with Gasteiger partial charge in [-0.25, -0.2) is 0 Å². The van der Waals surface area contributed by atoms with Crippen LogP contribution < -0.4 is 4.74 Å². The molecule has 0 radical (unpaired) electrons. The van der Waals surface area contributed by atoms with Crippen LogP contribution >= 0.6 is 0 Å². The fraction of sp³-hybridized carbons (Fsp3) is 0.727. The smallest absolute Gasteiger partial charge is 0.119 e. The van der Waals surface area contributed by atoms with E-state index in [9.17, 15) is 5.11 Å². The lowest BCUT2D eigenvalue weighted by atomic mass is 9.70. The lowest BCUT2D eigenvalue weighted by Crippen LogP contribution is -2.46. The zero-order valence-corrected chi connectivity index (χ0v) is 16.7. The first-order valence-corrected chi connectivity index (χ1v) is 10.6. The molecule has 1 N–H and O–H groups in total. The first kappa shape index (κ1) is 19.2. The molecule has 1 aliphatic carbocycles. The van der Waals surface area contributed by atoms with E-state index in [1.54, 1.807) is 0 Å². The summed E-state index contributed by atoms with van der Waals surface area (Å²) in [4.78, 5) is 4.74. The minimum Gasteiger partial charge on any atom is -0.492 e. The minimum absolute atomic E-state index is 0.217. The SMILES string of the molecule is CN1Cc2cc(OCCN3CCOCC3)ccc2C(C2(O)CCCCC2)C1. The Hall–Kier alpha value is -1.14. The van der Waals surface area contributed by atoms with E-state index in [1.165, 1.54) is 17.5 Å². The Morgan fingerprint density at radius 2 is 1.96 bits per heavy atom. The topological polar surface area (TPSA) is 45.2 Å². The zero-order valence-electron chi connectivity index (χ0n) is 16.7. The number of hydrogen-bond acceptors (Lipinski definition) is 5. The second-order valence-electron chi connectivity index (χ2n) is 8.58. The van der Waals surface area contributed by atoms with Crippen molar-refractivity contribution in [2.45, 2.75) is 50.2 Å². The molecule has 0 amide bonds. The molecule has 1 saturated heterocycles. The van der Waals surface area contributed by atoms with E-state index in [0.717, 1.165) is 77.4 Å². The quantitative estimate of drug-likeness (QED) is 0.858. The summed E-state index contributed by atoms with van der Waals surface area (Å²) >= 11 is 0. The van der Waals surface area contributed by atoms with Gasteiger partial charge in [-0.3, -0.25) is 4.90 Å². The van der Waals surface area contributed by atoms with Crippen LogP contribution in [0.1, 0.15) is 49.1 Å². The molecule has 3 aliphatic rings. The van der Waals surface area contributed by atoms with E-state index < -0.39 is 5.60 Å². The van der Waals surface area contributed by atoms with Crippen molar-refractivity contribution >= 4 is 0 Å². The van der Waals surface area contributed by atoms with Crippen LogP contribution in [0, 0.1) is 0 Å². The third-order valence-electron chi connectivity index (χ3n) is 6.57. The van der Waals surface area contributed by atoms with E-state index in [1.807, 2.05) is 0 Å². The van der Waals surface area contributed by atoms with Crippen LogP contribution in [0.5, 0.6) is 5.75 Å². The maximum Gasteiger partial charge on any atom is 0.119 e. The van der Waals surface area contributed by atoms with Crippen LogP contribution in [0.15, 0.2) is 18.2 Å². The number of benzene rings is 1. The van der Waals surface area contributed by atoms with Crippen molar-refractivity contribution in [1.82, 2.24) is 9.80 Å². The molecule has 2 fully saturated rings. The Morgan fingerprint density at radius 1 is 1.19 bits per heavy atom. The summed E-state index contributed by atoms with van der Waals surface area (Å²) in [5.74, 6) is 1.17. The first-order valence-electron chi connectivity index (χ1n) is 10.6. The van der Waals surface area contributed by atoms with Gasteiger partial charge < -0.3 is 19.5 Å². The Balaban J connectivity index is 1.43. The normalized spacial score (nSPS) is 26.5. The highest BCUT2D eigenvalue weighted by molar-refractivity contribution is 5.41. The van der Waals surface area contributed by atoms with Crippen molar-refractivity contribution in [3.63, 3.8) is 0 Å². The summed E-state index contributed by atoms with van der Waals surface area (Å²) in [6.07, 6.45) is 5.42. The van der Waals surface area contributed by atoms with Gasteiger partial charge in [0.2, 0.25) is 0 Å². The molecular formula is C22H34N2O3. The lowest BCUT2D eigenvalue weighted by Gasteiger charge is -2.44. The van der Waals surface area contributed by atoms with E-state index >= 15 is 0 Å². The van der Waals surface area contributed by atoms with Crippen LogP contribution in [-0.4, -0.2) is 73.6 Å². The predicted molar refractivity (Wildman–Crippen MR) is 106 cm³/mol. The van der Waals surface area contributed by atoms with Crippen LogP contribution in [0.4, 0.5) is 0 Å². The third kappa shape index (κ3) is 4.48. The average molecular weight is 375 g/mol. The molecule has 0 bridgehead atoms. The van der Waals surface area contributed by atoms with Crippen molar-refractivity contribution in [3.05, 3.63) is 29.3 Å². The average Bonchev–Trinajstić information content (AvgIpc) is 2.68. The summed E-state index contributed by atoms with van der Waals surface area (Å²) in [5.41, 5.74) is 2.11. The molecule has 4 rings (SSSR count). The molecule has 1 unspecified atom stereocenters. The second-order valence-corrected chi connectivity index (χ2v) is 8.58. The van der Waals surface area contributed by atoms with Gasteiger partial charge in [-0.2, -0.15) is 0 Å². The Labute approximate surface area is 163 Å². The van der Waals surface area contributed by atoms with Gasteiger partial charge in [0.1, 0.15) is 12.4 Å². The largest absolute Gasteiger partial charge is 0.492 e. The van der Waals surface area contributed by atoms with E-state index in [2.05, 4.69) is 35.0 Å². The minimum atomic E-state index is -0.541. The lowest BCUT2D eigenvalue weighted by molar-refractivity contribution is -0.0333. The molecule has 0 aromatic heterocycles. The molecule has 1 atom stereocenters. The number of rotatable bonds is 5. The van der Waals surface area contributed by atoms with E-state index in [-0.39, 0.29) is 5.92 Å². The van der Waals surface area contributed by atoms with Crippen LogP contribution in [0.25, 0.3) is 0 Å². The molecule has 2 aliphatic heterocycles. The monoisotopic (exact) mass is 374 g/mol. The van der Waals surface area contributed by atoms with Gasteiger partial charge in [-0.1, -0.05) is 25.3 Å². The number of fused-ring (bicyclic) bond motifs is 1. The molecule has 150 valence electrons. The Kier molecular flexibility index (Phi) is 6.02. The van der Waals surface area contributed by atoms with Crippen LogP contribution in [0.2, 0.25) is 0 Å². The number of hydrogen-bond donors (Lipinski definition) is 1. The van der Waals surface area contributed by atoms with Gasteiger partial charge in [-0.15, -0.1) is 0 Å². The van der Waals surface area contributed by atoms with Crippen LogP contribution in [0.3, 0.4) is 0 Å². The Bertz CT molecular complexity index is 624. The first-order chi connectivity index (χ1) is 13.1. The molecule has 0 spiro atoms. The van der Waals surface area contributed by atoms with E-state index in [4.69, 9.17) is 9.47 Å². The van der Waals surface area contributed by atoms with Crippen molar-refractivity contribution in [2.24, 2.45) is 0 Å². The molecule has 1 aromatic carbocycles. The molecular weight excluding hydrogens is 340 g/mol. The zero-order chi connectivity index (χ0) is 18.7.